The first-order valence-corrected chi connectivity index (χ1v) is 9.39. The third-order valence-corrected chi connectivity index (χ3v) is 4.63. The van der Waals surface area contributed by atoms with Crippen molar-refractivity contribution in [1.29, 1.82) is 0 Å². The van der Waals surface area contributed by atoms with E-state index in [9.17, 15) is 35.5 Å². The molecular formula is C22H16F7N3O. The molecule has 0 radical (unpaired) electrons. The van der Waals surface area contributed by atoms with Crippen LogP contribution in [0.15, 0.2) is 60.8 Å². The van der Waals surface area contributed by atoms with Crippen LogP contribution in [-0.2, 0) is 12.4 Å². The summed E-state index contributed by atoms with van der Waals surface area (Å²) in [6.45, 7) is 1.64. The van der Waals surface area contributed by atoms with E-state index in [-0.39, 0.29) is 11.3 Å². The Hall–Kier alpha value is -3.63. The van der Waals surface area contributed by atoms with Crippen LogP contribution in [0.1, 0.15) is 34.0 Å². The van der Waals surface area contributed by atoms with Gasteiger partial charge in [-0.15, -0.1) is 0 Å². The summed E-state index contributed by atoms with van der Waals surface area (Å²) in [5, 5.41) is 4.46. The number of carbonyl (C=O) groups is 1. The lowest BCUT2D eigenvalue weighted by Gasteiger charge is -2.23. The molecule has 2 N–H and O–H groups in total. The van der Waals surface area contributed by atoms with Gasteiger partial charge in [-0.3, -0.25) is 4.98 Å². The normalized spacial score (nSPS) is 12.8. The molecule has 0 bridgehead atoms. The zero-order chi connectivity index (χ0) is 24.4. The monoisotopic (exact) mass is 471 g/mol. The predicted molar refractivity (Wildman–Crippen MR) is 106 cm³/mol. The van der Waals surface area contributed by atoms with E-state index in [0.29, 0.717) is 17.7 Å². The van der Waals surface area contributed by atoms with Gasteiger partial charge in [0.15, 0.2) is 0 Å². The van der Waals surface area contributed by atoms with Gasteiger partial charge in [-0.05, 0) is 54.4 Å². The van der Waals surface area contributed by atoms with E-state index in [1.165, 1.54) is 12.1 Å². The average molecular weight is 471 g/mol. The second-order valence-corrected chi connectivity index (χ2v) is 7.07. The molecule has 2 amide bonds. The van der Waals surface area contributed by atoms with Crippen LogP contribution in [0.2, 0.25) is 0 Å². The largest absolute Gasteiger partial charge is 0.418 e. The Kier molecular flexibility index (Phi) is 6.61. The van der Waals surface area contributed by atoms with Crippen molar-refractivity contribution in [2.75, 3.05) is 5.32 Å². The minimum Gasteiger partial charge on any atom is -0.325 e. The number of hydrogen-bond donors (Lipinski definition) is 2. The van der Waals surface area contributed by atoms with Gasteiger partial charge in [0.1, 0.15) is 5.82 Å². The van der Waals surface area contributed by atoms with Crippen LogP contribution in [0.4, 0.5) is 41.2 Å². The third-order valence-electron chi connectivity index (χ3n) is 4.63. The predicted octanol–water partition coefficient (Wildman–Crippen LogP) is 6.48. The number of carbonyl (C=O) groups excluding carboxylic acids is 1. The smallest absolute Gasteiger partial charge is 0.325 e. The number of benzene rings is 2. The van der Waals surface area contributed by atoms with E-state index in [4.69, 9.17) is 0 Å². The quantitative estimate of drug-likeness (QED) is 0.428. The molecule has 33 heavy (non-hydrogen) atoms. The summed E-state index contributed by atoms with van der Waals surface area (Å²) in [4.78, 5) is 16.3. The number of amides is 2. The summed E-state index contributed by atoms with van der Waals surface area (Å²) >= 11 is 0. The molecule has 0 saturated heterocycles. The number of pyridine rings is 1. The highest BCUT2D eigenvalue weighted by Gasteiger charge is 2.37. The molecular weight excluding hydrogens is 455 g/mol. The minimum atomic E-state index is -4.85. The van der Waals surface area contributed by atoms with Gasteiger partial charge in [0.25, 0.3) is 0 Å². The van der Waals surface area contributed by atoms with E-state index in [0.717, 1.165) is 36.5 Å². The number of halogens is 7. The molecule has 1 aromatic heterocycles. The van der Waals surface area contributed by atoms with Crippen LogP contribution >= 0.6 is 0 Å². The molecule has 11 heteroatoms. The van der Waals surface area contributed by atoms with Gasteiger partial charge >= 0.3 is 18.4 Å². The lowest BCUT2D eigenvalue weighted by atomic mass is 9.98. The van der Waals surface area contributed by atoms with E-state index >= 15 is 0 Å². The molecule has 0 saturated carbocycles. The van der Waals surface area contributed by atoms with Gasteiger partial charge in [-0.25, -0.2) is 9.18 Å². The molecule has 0 aliphatic rings. The molecule has 0 aliphatic heterocycles. The van der Waals surface area contributed by atoms with E-state index < -0.39 is 47.1 Å². The van der Waals surface area contributed by atoms with Crippen molar-refractivity contribution in [3.05, 3.63) is 94.6 Å². The van der Waals surface area contributed by atoms with Crippen molar-refractivity contribution in [3.63, 3.8) is 0 Å². The maximum Gasteiger partial charge on any atom is 0.418 e. The Bertz CT molecular complexity index is 1140. The second-order valence-electron chi connectivity index (χ2n) is 7.07. The summed E-state index contributed by atoms with van der Waals surface area (Å²) in [7, 11) is 0. The van der Waals surface area contributed by atoms with Crippen LogP contribution in [-0.4, -0.2) is 11.0 Å². The topological polar surface area (TPSA) is 54.0 Å². The molecule has 1 heterocycles. The minimum absolute atomic E-state index is 0.0907. The van der Waals surface area contributed by atoms with Crippen molar-refractivity contribution >= 4 is 11.7 Å². The molecule has 0 aliphatic carbocycles. The Morgan fingerprint density at radius 2 is 1.61 bits per heavy atom. The van der Waals surface area contributed by atoms with E-state index in [1.54, 1.807) is 6.92 Å². The van der Waals surface area contributed by atoms with Crippen LogP contribution < -0.4 is 10.6 Å². The van der Waals surface area contributed by atoms with Gasteiger partial charge in [-0.1, -0.05) is 18.2 Å². The first kappa shape index (κ1) is 24.0. The van der Waals surface area contributed by atoms with Crippen molar-refractivity contribution in [3.8, 4) is 0 Å². The Morgan fingerprint density at radius 1 is 0.939 bits per heavy atom. The summed E-state index contributed by atoms with van der Waals surface area (Å²) in [5.74, 6) is -0.782. The van der Waals surface area contributed by atoms with Crippen LogP contribution in [0.25, 0.3) is 0 Å². The number of aryl methyl sites for hydroxylation is 1. The number of alkyl halides is 6. The summed E-state index contributed by atoms with van der Waals surface area (Å²) in [6.07, 6.45) is -8.46. The van der Waals surface area contributed by atoms with Gasteiger partial charge < -0.3 is 10.6 Å². The number of nitrogens with one attached hydrogen (secondary N) is 2. The summed E-state index contributed by atoms with van der Waals surface area (Å²) in [5.41, 5.74) is -2.55. The molecule has 1 atom stereocenters. The van der Waals surface area contributed by atoms with Crippen molar-refractivity contribution in [2.24, 2.45) is 0 Å². The number of aromatic nitrogens is 1. The highest BCUT2D eigenvalue weighted by molar-refractivity contribution is 5.90. The van der Waals surface area contributed by atoms with Gasteiger partial charge in [0, 0.05) is 6.20 Å². The third kappa shape index (κ3) is 5.79. The molecule has 2 aromatic carbocycles. The Morgan fingerprint density at radius 3 is 2.21 bits per heavy atom. The molecule has 0 spiro atoms. The number of anilines is 1. The maximum absolute atomic E-state index is 14.0. The lowest BCUT2D eigenvalue weighted by Crippen LogP contribution is -2.35. The number of hydrogen-bond acceptors (Lipinski definition) is 2. The van der Waals surface area contributed by atoms with Crippen molar-refractivity contribution < 1.29 is 35.5 Å². The molecule has 0 unspecified atom stereocenters. The standard InChI is InChI=1S/C22H16F7N3O/c1-12-4-9-16(23)17(11-12)31-20(33)32-18(13-5-7-14(8-6-13)21(24,25)26)19-15(22(27,28)29)3-2-10-30-19/h2-11,18H,1H3,(H2,31,32,33)/t18-/m0/s1. The maximum atomic E-state index is 14.0. The van der Waals surface area contributed by atoms with Crippen LogP contribution in [0.5, 0.6) is 0 Å². The Balaban J connectivity index is 2.01. The summed E-state index contributed by atoms with van der Waals surface area (Å²) in [6, 6.07) is 6.21. The van der Waals surface area contributed by atoms with E-state index in [1.807, 2.05) is 0 Å². The Labute approximate surface area is 183 Å². The van der Waals surface area contributed by atoms with Crippen LogP contribution in [0, 0.1) is 12.7 Å². The molecule has 3 rings (SSSR count). The lowest BCUT2D eigenvalue weighted by molar-refractivity contribution is -0.139. The number of nitrogens with zero attached hydrogens (tertiary/aromatic N) is 1. The molecule has 3 aromatic rings. The number of rotatable bonds is 4. The molecule has 4 nitrogen and oxygen atoms in total. The highest BCUT2D eigenvalue weighted by atomic mass is 19.4. The average Bonchev–Trinajstić information content (AvgIpc) is 2.73. The van der Waals surface area contributed by atoms with Gasteiger partial charge in [0.05, 0.1) is 28.6 Å². The fraction of sp³-hybridized carbons (Fsp3) is 0.182. The van der Waals surface area contributed by atoms with E-state index in [2.05, 4.69) is 15.6 Å². The molecule has 174 valence electrons. The second kappa shape index (κ2) is 9.08. The summed E-state index contributed by atoms with van der Waals surface area (Å²) < 4.78 is 93.4. The number of urea groups is 1. The van der Waals surface area contributed by atoms with Gasteiger partial charge in [0.2, 0.25) is 0 Å². The first-order valence-electron chi connectivity index (χ1n) is 9.39. The van der Waals surface area contributed by atoms with Gasteiger partial charge in [-0.2, -0.15) is 26.3 Å². The first-order chi connectivity index (χ1) is 15.4. The van der Waals surface area contributed by atoms with Crippen molar-refractivity contribution in [1.82, 2.24) is 10.3 Å². The van der Waals surface area contributed by atoms with Crippen LogP contribution in [0.3, 0.4) is 0 Å². The SMILES string of the molecule is Cc1ccc(F)c(NC(=O)N[C@@H](c2ccc(C(F)(F)F)cc2)c2ncccc2C(F)(F)F)c1. The zero-order valence-electron chi connectivity index (χ0n) is 16.9. The zero-order valence-corrected chi connectivity index (χ0v) is 16.9. The van der Waals surface area contributed by atoms with Crippen molar-refractivity contribution in [2.45, 2.75) is 25.3 Å². The highest BCUT2D eigenvalue weighted by Crippen LogP contribution is 2.36. The molecule has 0 fully saturated rings. The fourth-order valence-electron chi connectivity index (χ4n) is 3.09. The fourth-order valence-corrected chi connectivity index (χ4v) is 3.09.